The van der Waals surface area contributed by atoms with Gasteiger partial charge in [0.1, 0.15) is 12.8 Å². The van der Waals surface area contributed by atoms with Crippen molar-refractivity contribution in [2.24, 2.45) is 0 Å². The van der Waals surface area contributed by atoms with E-state index in [9.17, 15) is 26.3 Å². The van der Waals surface area contributed by atoms with E-state index in [1.54, 1.807) is 21.5 Å². The van der Waals surface area contributed by atoms with Crippen LogP contribution in [0.5, 0.6) is 0 Å². The van der Waals surface area contributed by atoms with Gasteiger partial charge in [0.25, 0.3) is 0 Å². The third kappa shape index (κ3) is 4.08. The van der Waals surface area contributed by atoms with Crippen LogP contribution in [-0.2, 0) is 23.9 Å². The summed E-state index contributed by atoms with van der Waals surface area (Å²) in [6.07, 6.45) is -3.13. The molecule has 0 saturated heterocycles. The van der Waals surface area contributed by atoms with Crippen LogP contribution >= 0.6 is 0 Å². The van der Waals surface area contributed by atoms with Gasteiger partial charge in [-0.05, 0) is 45.5 Å². The Hall–Kier alpha value is -2.90. The summed E-state index contributed by atoms with van der Waals surface area (Å²) < 4.78 is 79.8. The van der Waals surface area contributed by atoms with Crippen molar-refractivity contribution in [2.45, 2.75) is 76.8 Å². The monoisotopic (exact) mass is 506 g/mol. The zero-order chi connectivity index (χ0) is 26.3. The van der Waals surface area contributed by atoms with Crippen LogP contribution < -0.4 is 9.13 Å². The first-order chi connectivity index (χ1) is 16.6. The summed E-state index contributed by atoms with van der Waals surface area (Å²) in [5.74, 6) is 0. The summed E-state index contributed by atoms with van der Waals surface area (Å²) in [7, 11) is 0. The molecular formula is C28H28F6N2+2. The van der Waals surface area contributed by atoms with Gasteiger partial charge in [-0.2, -0.15) is 26.3 Å². The minimum atomic E-state index is -4.21. The van der Waals surface area contributed by atoms with Gasteiger partial charge >= 0.3 is 12.4 Å². The smallest absolute Gasteiger partial charge is 0.204 e. The molecule has 0 saturated carbocycles. The molecule has 2 aromatic heterocycles. The average molecular weight is 507 g/mol. The zero-order valence-electron chi connectivity index (χ0n) is 20.6. The minimum Gasteiger partial charge on any atom is -0.204 e. The molecule has 0 spiro atoms. The molecule has 2 heterocycles. The predicted octanol–water partition coefficient (Wildman–Crippen LogP) is 6.78. The number of hydrogen-bond donors (Lipinski definition) is 0. The van der Waals surface area contributed by atoms with Crippen molar-refractivity contribution < 1.29 is 35.5 Å². The van der Waals surface area contributed by atoms with E-state index in [0.717, 1.165) is 44.5 Å². The number of halogens is 6. The van der Waals surface area contributed by atoms with Crippen molar-refractivity contribution in [1.82, 2.24) is 0 Å². The first kappa shape index (κ1) is 24.8. The number of aromatic nitrogens is 2. The zero-order valence-corrected chi connectivity index (χ0v) is 20.6. The maximum absolute atomic E-state index is 12.8. The fourth-order valence-electron chi connectivity index (χ4n) is 5.70. The van der Waals surface area contributed by atoms with Crippen LogP contribution in [0.15, 0.2) is 49.1 Å². The van der Waals surface area contributed by atoms with Gasteiger partial charge in [-0.3, -0.25) is 0 Å². The van der Waals surface area contributed by atoms with E-state index in [0.29, 0.717) is 0 Å². The number of rotatable bonds is 4. The molecule has 5 rings (SSSR count). The number of alkyl halides is 6. The highest BCUT2D eigenvalue weighted by Crippen LogP contribution is 2.55. The van der Waals surface area contributed by atoms with Crippen molar-refractivity contribution in [3.8, 4) is 22.3 Å². The lowest BCUT2D eigenvalue weighted by Crippen LogP contribution is -2.37. The van der Waals surface area contributed by atoms with Crippen molar-refractivity contribution >= 4 is 0 Å². The molecule has 190 valence electrons. The van der Waals surface area contributed by atoms with Crippen molar-refractivity contribution in [2.75, 3.05) is 0 Å². The molecule has 0 aliphatic heterocycles. The summed E-state index contributed by atoms with van der Waals surface area (Å²) >= 11 is 0. The quantitative estimate of drug-likeness (QED) is 0.272. The van der Waals surface area contributed by atoms with E-state index >= 15 is 0 Å². The van der Waals surface area contributed by atoms with Crippen LogP contribution in [0.4, 0.5) is 26.3 Å². The van der Waals surface area contributed by atoms with Gasteiger partial charge in [0.05, 0.1) is 0 Å². The third-order valence-electron chi connectivity index (χ3n) is 7.77. The van der Waals surface area contributed by atoms with Crippen LogP contribution in [0.1, 0.15) is 62.8 Å². The second-order valence-corrected chi connectivity index (χ2v) is 10.9. The fourth-order valence-corrected chi connectivity index (χ4v) is 5.70. The lowest BCUT2D eigenvalue weighted by molar-refractivity contribution is -0.700. The number of fused-ring (bicyclic) bond motifs is 6. The number of pyridine rings is 2. The molecule has 0 atom stereocenters. The average Bonchev–Trinajstić information content (AvgIpc) is 3.13. The van der Waals surface area contributed by atoms with Crippen molar-refractivity contribution in [3.05, 3.63) is 71.3 Å². The van der Waals surface area contributed by atoms with E-state index in [2.05, 4.69) is 39.8 Å². The van der Waals surface area contributed by atoms with E-state index in [1.165, 1.54) is 0 Å². The highest BCUT2D eigenvalue weighted by Gasteiger charge is 2.44. The Morgan fingerprint density at radius 3 is 1.28 bits per heavy atom. The van der Waals surface area contributed by atoms with E-state index in [1.807, 2.05) is 24.5 Å². The normalized spacial score (nSPS) is 16.9. The molecule has 1 aromatic carbocycles. The Balaban J connectivity index is 1.55. The van der Waals surface area contributed by atoms with Crippen LogP contribution in [0.3, 0.4) is 0 Å². The second-order valence-electron chi connectivity index (χ2n) is 10.9. The van der Waals surface area contributed by atoms with Crippen molar-refractivity contribution in [1.29, 1.82) is 0 Å². The van der Waals surface area contributed by atoms with Gasteiger partial charge in [0.2, 0.25) is 0 Å². The molecule has 36 heavy (non-hydrogen) atoms. The summed E-state index contributed by atoms with van der Waals surface area (Å²) in [4.78, 5) is 0. The Morgan fingerprint density at radius 1 is 0.583 bits per heavy atom. The number of benzene rings is 1. The highest BCUT2D eigenvalue weighted by atomic mass is 19.4. The molecule has 0 radical (unpaired) electrons. The Bertz CT molecular complexity index is 1260. The molecule has 2 aliphatic rings. The summed E-state index contributed by atoms with van der Waals surface area (Å²) in [5, 5.41) is 0. The Labute approximate surface area is 206 Å². The van der Waals surface area contributed by atoms with Gasteiger partial charge in [-0.15, -0.1) is 0 Å². The standard InChI is InChI=1S/C28H28F6N2/c1-25(2)21-13-20-18-6-10-36(12-8-28(32,33)34)16-24(18)26(3,4)22(20)14-19(21)17-5-9-35(15-23(17)25)11-7-27(29,30)31/h5-6,9-10,13-16H,7-8,11-12H2,1-4H3/q+2. The molecular weight excluding hydrogens is 478 g/mol. The lowest BCUT2D eigenvalue weighted by Gasteiger charge is -2.23. The first-order valence-electron chi connectivity index (χ1n) is 12.0. The van der Waals surface area contributed by atoms with Crippen LogP contribution in [0, 0.1) is 0 Å². The molecule has 3 aromatic rings. The lowest BCUT2D eigenvalue weighted by atomic mass is 9.79. The molecule has 8 heteroatoms. The maximum atomic E-state index is 12.8. The molecule has 2 nitrogen and oxygen atoms in total. The second kappa shape index (κ2) is 7.80. The molecule has 0 bridgehead atoms. The van der Waals surface area contributed by atoms with Crippen LogP contribution in [-0.4, -0.2) is 12.4 Å². The summed E-state index contributed by atoms with van der Waals surface area (Å²) in [5.41, 5.74) is 7.49. The summed E-state index contributed by atoms with van der Waals surface area (Å²) in [6.45, 7) is 8.05. The maximum Gasteiger partial charge on any atom is 0.395 e. The first-order valence-corrected chi connectivity index (χ1v) is 12.0. The topological polar surface area (TPSA) is 7.76 Å². The SMILES string of the molecule is CC1(C)c2cc3c(cc2-c2cc[n+](CCC(F)(F)F)cc21)C(C)(C)c1c[n+](CCC(F)(F)F)ccc1-3. The van der Waals surface area contributed by atoms with Gasteiger partial charge in [-0.1, -0.05) is 27.7 Å². The molecule has 2 aliphatic carbocycles. The highest BCUT2D eigenvalue weighted by molar-refractivity contribution is 5.88. The molecule has 0 unspecified atom stereocenters. The summed E-state index contributed by atoms with van der Waals surface area (Å²) in [6, 6.07) is 8.12. The number of hydrogen-bond acceptors (Lipinski definition) is 0. The van der Waals surface area contributed by atoms with Crippen LogP contribution in [0.25, 0.3) is 22.3 Å². The molecule has 0 fully saturated rings. The van der Waals surface area contributed by atoms with E-state index in [4.69, 9.17) is 0 Å². The number of aryl methyl sites for hydroxylation is 2. The molecule has 0 N–H and O–H groups in total. The van der Waals surface area contributed by atoms with Gasteiger partial charge in [0.15, 0.2) is 37.9 Å². The Kier molecular flexibility index (Phi) is 5.37. The van der Waals surface area contributed by atoms with E-state index < -0.39 is 36.0 Å². The van der Waals surface area contributed by atoms with Gasteiger partial charge in [-0.25, -0.2) is 9.13 Å². The van der Waals surface area contributed by atoms with E-state index in [-0.39, 0.29) is 13.1 Å². The number of nitrogens with zero attached hydrogens (tertiary/aromatic N) is 2. The van der Waals surface area contributed by atoms with Gasteiger partial charge < -0.3 is 0 Å². The molecule has 0 amide bonds. The third-order valence-corrected chi connectivity index (χ3v) is 7.77. The van der Waals surface area contributed by atoms with Gasteiger partial charge in [0, 0.05) is 34.1 Å². The fraction of sp³-hybridized carbons (Fsp3) is 0.429. The predicted molar refractivity (Wildman–Crippen MR) is 123 cm³/mol. The minimum absolute atomic E-state index is 0.131. The van der Waals surface area contributed by atoms with Crippen LogP contribution in [0.2, 0.25) is 0 Å². The van der Waals surface area contributed by atoms with Crippen molar-refractivity contribution in [3.63, 3.8) is 0 Å². The Morgan fingerprint density at radius 2 is 0.944 bits per heavy atom. The largest absolute Gasteiger partial charge is 0.395 e.